The Bertz CT molecular complexity index is 199. The van der Waals surface area contributed by atoms with Crippen molar-refractivity contribution in [1.82, 2.24) is 5.32 Å². The molecule has 0 saturated heterocycles. The van der Waals surface area contributed by atoms with Crippen LogP contribution in [0.1, 0.15) is 53.4 Å². The van der Waals surface area contributed by atoms with Crippen LogP contribution in [-0.4, -0.2) is 12.6 Å². The first-order chi connectivity index (χ1) is 7.13. The van der Waals surface area contributed by atoms with E-state index < -0.39 is 0 Å². The molecule has 1 nitrogen and oxygen atoms in total. The minimum absolute atomic E-state index is 0.550. The summed E-state index contributed by atoms with van der Waals surface area (Å²) < 4.78 is 0. The van der Waals surface area contributed by atoms with Crippen molar-refractivity contribution in [3.05, 3.63) is 11.6 Å². The van der Waals surface area contributed by atoms with Crippen LogP contribution in [0.15, 0.2) is 11.6 Å². The highest BCUT2D eigenvalue weighted by molar-refractivity contribution is 5.08. The van der Waals surface area contributed by atoms with Gasteiger partial charge in [0.25, 0.3) is 0 Å². The molecule has 1 heteroatoms. The number of nitrogens with one attached hydrogen (secondary N) is 1. The minimum atomic E-state index is 0.550. The molecule has 0 aromatic carbocycles. The maximum absolute atomic E-state index is 3.48. The van der Waals surface area contributed by atoms with E-state index in [-0.39, 0.29) is 0 Å². The van der Waals surface area contributed by atoms with Crippen LogP contribution in [0.5, 0.6) is 0 Å². The van der Waals surface area contributed by atoms with E-state index in [1.165, 1.54) is 31.3 Å². The summed E-state index contributed by atoms with van der Waals surface area (Å²) in [5, 5.41) is 3.48. The van der Waals surface area contributed by atoms with Crippen LogP contribution >= 0.6 is 0 Å². The van der Waals surface area contributed by atoms with Gasteiger partial charge in [0.05, 0.1) is 0 Å². The molecule has 0 radical (unpaired) electrons. The van der Waals surface area contributed by atoms with E-state index in [9.17, 15) is 0 Å². The summed E-state index contributed by atoms with van der Waals surface area (Å²) in [5.74, 6) is 1.81. The largest absolute Gasteiger partial charge is 0.311 e. The zero-order valence-electron chi connectivity index (χ0n) is 10.8. The van der Waals surface area contributed by atoms with Crippen molar-refractivity contribution >= 4 is 0 Å². The van der Waals surface area contributed by atoms with Gasteiger partial charge in [-0.15, -0.1) is 0 Å². The zero-order valence-corrected chi connectivity index (χ0v) is 10.8. The quantitative estimate of drug-likeness (QED) is 0.695. The predicted octanol–water partition coefficient (Wildman–Crippen LogP) is 3.76. The fourth-order valence-corrected chi connectivity index (χ4v) is 2.44. The molecule has 1 aliphatic carbocycles. The lowest BCUT2D eigenvalue weighted by atomic mass is 9.82. The van der Waals surface area contributed by atoms with Crippen LogP contribution in [-0.2, 0) is 0 Å². The lowest BCUT2D eigenvalue weighted by molar-refractivity contribution is 0.329. The summed E-state index contributed by atoms with van der Waals surface area (Å²) in [6.07, 6.45) is 8.15. The van der Waals surface area contributed by atoms with E-state index in [4.69, 9.17) is 0 Å². The second kappa shape index (κ2) is 6.32. The van der Waals surface area contributed by atoms with Gasteiger partial charge in [-0.25, -0.2) is 0 Å². The Morgan fingerprint density at radius 1 is 1.33 bits per heavy atom. The number of hydrogen-bond acceptors (Lipinski definition) is 1. The van der Waals surface area contributed by atoms with Gasteiger partial charge in [0.15, 0.2) is 0 Å². The van der Waals surface area contributed by atoms with E-state index >= 15 is 0 Å². The molecule has 0 bridgehead atoms. The highest BCUT2D eigenvalue weighted by atomic mass is 14.9. The molecule has 0 aromatic rings. The average Bonchev–Trinajstić information content (AvgIpc) is 2.22. The van der Waals surface area contributed by atoms with Crippen molar-refractivity contribution in [1.29, 1.82) is 0 Å². The van der Waals surface area contributed by atoms with Crippen LogP contribution in [0, 0.1) is 11.8 Å². The molecule has 1 fully saturated rings. The number of likely N-dealkylation sites (N-methyl/N-ethyl adjacent to an activating group) is 1. The number of allylic oxidation sites excluding steroid dienone is 1. The monoisotopic (exact) mass is 209 g/mol. The molecule has 1 aliphatic rings. The second-order valence-corrected chi connectivity index (χ2v) is 5.21. The first-order valence-electron chi connectivity index (χ1n) is 6.55. The van der Waals surface area contributed by atoms with Gasteiger partial charge in [0, 0.05) is 6.04 Å². The Labute approximate surface area is 95.3 Å². The third-order valence-electron chi connectivity index (χ3n) is 3.75. The van der Waals surface area contributed by atoms with Gasteiger partial charge in [-0.2, -0.15) is 0 Å². The average molecular weight is 209 g/mol. The summed E-state index contributed by atoms with van der Waals surface area (Å²) in [4.78, 5) is 0. The van der Waals surface area contributed by atoms with Gasteiger partial charge in [-0.3, -0.25) is 0 Å². The Kier molecular flexibility index (Phi) is 5.38. The van der Waals surface area contributed by atoms with Crippen molar-refractivity contribution in [3.8, 4) is 0 Å². The van der Waals surface area contributed by atoms with Gasteiger partial charge in [-0.1, -0.05) is 38.3 Å². The Morgan fingerprint density at radius 2 is 1.93 bits per heavy atom. The molecule has 88 valence electrons. The van der Waals surface area contributed by atoms with Crippen LogP contribution in [0.4, 0.5) is 0 Å². The molecule has 0 spiro atoms. The molecular formula is C14H27N. The smallest absolute Gasteiger partial charge is 0.0248 e. The van der Waals surface area contributed by atoms with Crippen molar-refractivity contribution in [2.75, 3.05) is 6.54 Å². The first kappa shape index (κ1) is 12.8. The third kappa shape index (κ3) is 4.38. The van der Waals surface area contributed by atoms with Crippen molar-refractivity contribution in [3.63, 3.8) is 0 Å². The van der Waals surface area contributed by atoms with Crippen LogP contribution in [0.25, 0.3) is 0 Å². The zero-order chi connectivity index (χ0) is 11.3. The van der Waals surface area contributed by atoms with E-state index in [2.05, 4.69) is 39.1 Å². The Hall–Kier alpha value is -0.300. The molecule has 1 unspecified atom stereocenters. The fraction of sp³-hybridized carbons (Fsp3) is 0.857. The second-order valence-electron chi connectivity index (χ2n) is 5.21. The molecule has 1 N–H and O–H groups in total. The first-order valence-corrected chi connectivity index (χ1v) is 6.55. The Morgan fingerprint density at radius 3 is 2.47 bits per heavy atom. The van der Waals surface area contributed by atoms with Crippen LogP contribution in [0.2, 0.25) is 0 Å². The molecule has 1 atom stereocenters. The molecule has 15 heavy (non-hydrogen) atoms. The molecule has 0 aliphatic heterocycles. The summed E-state index contributed by atoms with van der Waals surface area (Å²) in [5.41, 5.74) is 1.52. The number of hydrogen-bond donors (Lipinski definition) is 1. The minimum Gasteiger partial charge on any atom is -0.311 e. The van der Waals surface area contributed by atoms with E-state index in [0.29, 0.717) is 6.04 Å². The summed E-state index contributed by atoms with van der Waals surface area (Å²) >= 11 is 0. The Balaban J connectivity index is 2.40. The normalized spacial score (nSPS) is 30.3. The molecular weight excluding hydrogens is 182 g/mol. The lowest BCUT2D eigenvalue weighted by Gasteiger charge is -2.25. The van der Waals surface area contributed by atoms with Gasteiger partial charge in [-0.05, 0) is 45.1 Å². The highest BCUT2D eigenvalue weighted by Crippen LogP contribution is 2.29. The van der Waals surface area contributed by atoms with Crippen LogP contribution < -0.4 is 5.32 Å². The molecule has 0 amide bonds. The van der Waals surface area contributed by atoms with Crippen molar-refractivity contribution < 1.29 is 0 Å². The van der Waals surface area contributed by atoms with E-state index in [1.54, 1.807) is 0 Å². The predicted molar refractivity (Wildman–Crippen MR) is 68.0 cm³/mol. The SMILES string of the molecule is CCNC(C)C(C)=CC1CCC(C)CC1. The molecule has 1 rings (SSSR count). The maximum Gasteiger partial charge on any atom is 0.0248 e. The van der Waals surface area contributed by atoms with Gasteiger partial charge in [0.1, 0.15) is 0 Å². The highest BCUT2D eigenvalue weighted by Gasteiger charge is 2.16. The third-order valence-corrected chi connectivity index (χ3v) is 3.75. The van der Waals surface area contributed by atoms with Gasteiger partial charge < -0.3 is 5.32 Å². The van der Waals surface area contributed by atoms with Gasteiger partial charge in [0.2, 0.25) is 0 Å². The lowest BCUT2D eigenvalue weighted by Crippen LogP contribution is -2.27. The van der Waals surface area contributed by atoms with E-state index in [0.717, 1.165) is 18.4 Å². The van der Waals surface area contributed by atoms with Crippen molar-refractivity contribution in [2.24, 2.45) is 11.8 Å². The van der Waals surface area contributed by atoms with Crippen LogP contribution in [0.3, 0.4) is 0 Å². The summed E-state index contributed by atoms with van der Waals surface area (Å²) in [7, 11) is 0. The number of rotatable bonds is 4. The molecule has 0 heterocycles. The molecule has 1 saturated carbocycles. The van der Waals surface area contributed by atoms with Crippen molar-refractivity contribution in [2.45, 2.75) is 59.4 Å². The standard InChI is InChI=1S/C14H27N/c1-5-15-13(4)12(3)10-14-8-6-11(2)7-9-14/h10-11,13-15H,5-9H2,1-4H3. The van der Waals surface area contributed by atoms with E-state index in [1.807, 2.05) is 0 Å². The summed E-state index contributed by atoms with van der Waals surface area (Å²) in [6, 6.07) is 0.550. The maximum atomic E-state index is 3.48. The summed E-state index contributed by atoms with van der Waals surface area (Å²) in [6.45, 7) is 10.2. The topological polar surface area (TPSA) is 12.0 Å². The van der Waals surface area contributed by atoms with Gasteiger partial charge >= 0.3 is 0 Å². The fourth-order valence-electron chi connectivity index (χ4n) is 2.44. The molecule has 0 aromatic heterocycles.